The smallest absolute Gasteiger partial charge is 0.226 e. The van der Waals surface area contributed by atoms with Crippen molar-refractivity contribution in [3.05, 3.63) is 52.0 Å². The van der Waals surface area contributed by atoms with Crippen molar-refractivity contribution in [3.63, 3.8) is 0 Å². The fraction of sp³-hybridized carbons (Fsp3) is 0.538. The second kappa shape index (κ2) is 10.1. The van der Waals surface area contributed by atoms with Crippen LogP contribution < -0.4 is 4.90 Å². The first kappa shape index (κ1) is 24.1. The van der Waals surface area contributed by atoms with Crippen LogP contribution in [-0.4, -0.2) is 47.7 Å². The minimum atomic E-state index is -0.314. The minimum absolute atomic E-state index is 0.0465. The van der Waals surface area contributed by atoms with Crippen LogP contribution in [0.3, 0.4) is 0 Å². The lowest BCUT2D eigenvalue weighted by Gasteiger charge is -2.48. The molecule has 2 fully saturated rings. The molecule has 4 rings (SSSR count). The van der Waals surface area contributed by atoms with Gasteiger partial charge >= 0.3 is 0 Å². The van der Waals surface area contributed by atoms with E-state index in [9.17, 15) is 15.2 Å². The van der Waals surface area contributed by atoms with Gasteiger partial charge in [0.05, 0.1) is 34.5 Å². The molecule has 4 unspecified atom stereocenters. The molecule has 33 heavy (non-hydrogen) atoms. The molecule has 4 atom stereocenters. The third kappa shape index (κ3) is 5.09. The second-order valence-electron chi connectivity index (χ2n) is 9.78. The molecule has 1 heterocycles. The van der Waals surface area contributed by atoms with Crippen LogP contribution in [0, 0.1) is 35.0 Å². The van der Waals surface area contributed by atoms with Gasteiger partial charge in [-0.1, -0.05) is 49.2 Å². The number of rotatable bonds is 3. The van der Waals surface area contributed by atoms with Crippen LogP contribution in [0.2, 0.25) is 5.02 Å². The predicted molar refractivity (Wildman–Crippen MR) is 132 cm³/mol. The van der Waals surface area contributed by atoms with Gasteiger partial charge in [-0.2, -0.15) is 5.26 Å². The summed E-state index contributed by atoms with van der Waals surface area (Å²) < 4.78 is 0. The van der Waals surface area contributed by atoms with Crippen LogP contribution in [0.4, 0.5) is 5.69 Å². The Morgan fingerprint density at radius 3 is 2.52 bits per heavy atom. The quantitative estimate of drug-likeness (QED) is 0.653. The average Bonchev–Trinajstić information content (AvgIpc) is 2.78. The van der Waals surface area contributed by atoms with Gasteiger partial charge in [-0.3, -0.25) is 4.79 Å². The summed E-state index contributed by atoms with van der Waals surface area (Å²) in [5.74, 6) is 0.660. The molecular weight excluding hydrogens is 457 g/mol. The van der Waals surface area contributed by atoms with Gasteiger partial charge < -0.3 is 14.9 Å². The molecule has 0 spiro atoms. The highest BCUT2D eigenvalue weighted by molar-refractivity contribution is 6.33. The third-order valence-corrected chi connectivity index (χ3v) is 8.08. The van der Waals surface area contributed by atoms with E-state index < -0.39 is 0 Å². The molecule has 176 valence electrons. The van der Waals surface area contributed by atoms with E-state index in [1.165, 1.54) is 0 Å². The number of nitriles is 1. The van der Waals surface area contributed by atoms with E-state index >= 15 is 0 Å². The molecule has 1 aliphatic heterocycles. The van der Waals surface area contributed by atoms with Gasteiger partial charge in [0.15, 0.2) is 0 Å². The van der Waals surface area contributed by atoms with Crippen molar-refractivity contribution >= 4 is 34.8 Å². The number of halogens is 2. The number of benzene rings is 1. The van der Waals surface area contributed by atoms with Gasteiger partial charge in [0.1, 0.15) is 0 Å². The van der Waals surface area contributed by atoms with Gasteiger partial charge in [-0.15, -0.1) is 0 Å². The molecule has 1 aromatic carbocycles. The summed E-state index contributed by atoms with van der Waals surface area (Å²) in [6, 6.07) is 7.59. The number of carbonyl (C=O) groups is 1. The Morgan fingerprint density at radius 1 is 1.18 bits per heavy atom. The molecule has 1 saturated carbocycles. The maximum Gasteiger partial charge on any atom is 0.226 e. The van der Waals surface area contributed by atoms with Crippen LogP contribution in [-0.2, 0) is 4.79 Å². The molecule has 0 radical (unpaired) electrons. The number of carbonyl (C=O) groups excluding carboxylic acids is 1. The van der Waals surface area contributed by atoms with Crippen LogP contribution in [0.15, 0.2) is 41.5 Å². The number of allylic oxidation sites excluding steroid dienone is 3. The monoisotopic (exact) mass is 487 g/mol. The van der Waals surface area contributed by atoms with Crippen molar-refractivity contribution in [3.8, 4) is 6.07 Å². The van der Waals surface area contributed by atoms with E-state index in [2.05, 4.69) is 30.9 Å². The zero-order valence-electron chi connectivity index (χ0n) is 19.1. The Labute approximate surface area is 206 Å². The Balaban J connectivity index is 1.59. The zero-order valence-corrected chi connectivity index (χ0v) is 20.6. The summed E-state index contributed by atoms with van der Waals surface area (Å²) >= 11 is 12.8. The first-order valence-electron chi connectivity index (χ1n) is 11.8. The number of hydrogen-bond donors (Lipinski definition) is 1. The Kier molecular flexibility index (Phi) is 7.38. The fourth-order valence-electron chi connectivity index (χ4n) is 5.89. The van der Waals surface area contributed by atoms with Crippen molar-refractivity contribution in [1.29, 1.82) is 5.26 Å². The second-order valence-corrected chi connectivity index (χ2v) is 10.6. The number of aliphatic hydroxyl groups excluding tert-OH is 1. The Bertz CT molecular complexity index is 990. The van der Waals surface area contributed by atoms with Crippen molar-refractivity contribution in [1.82, 2.24) is 4.90 Å². The highest BCUT2D eigenvalue weighted by Crippen LogP contribution is 2.38. The molecule has 0 bridgehead atoms. The van der Waals surface area contributed by atoms with Crippen molar-refractivity contribution in [2.75, 3.05) is 24.5 Å². The standard InChI is InChI=1S/C26H31Cl2N3O2/c1-16-11-21(32)12-17(2)25(16)26(33)30-9-10-31(23-8-3-18(14-29)13-22(23)28)24(15-30)19-4-6-20(27)7-5-19/h3-4,6-8,13,16-17,19,21,24-25,32H,5,9-12,15H2,1-2H3. The molecule has 1 aromatic rings. The lowest BCUT2D eigenvalue weighted by atomic mass is 9.71. The van der Waals surface area contributed by atoms with Gasteiger partial charge in [-0.25, -0.2) is 0 Å². The fourth-order valence-corrected chi connectivity index (χ4v) is 6.34. The van der Waals surface area contributed by atoms with Gasteiger partial charge in [0.25, 0.3) is 0 Å². The van der Waals surface area contributed by atoms with E-state index in [4.69, 9.17) is 23.2 Å². The molecular formula is C26H31Cl2N3O2. The Hall–Kier alpha value is -2.00. The summed E-state index contributed by atoms with van der Waals surface area (Å²) in [5, 5.41) is 20.6. The summed E-state index contributed by atoms with van der Waals surface area (Å²) in [4.78, 5) is 18.0. The molecule has 7 heteroatoms. The average molecular weight is 488 g/mol. The maximum atomic E-state index is 13.7. The van der Waals surface area contributed by atoms with E-state index in [1.807, 2.05) is 23.1 Å². The molecule has 3 aliphatic rings. The van der Waals surface area contributed by atoms with Crippen LogP contribution >= 0.6 is 23.2 Å². The zero-order chi connectivity index (χ0) is 23.7. The van der Waals surface area contributed by atoms with E-state index in [1.54, 1.807) is 12.1 Å². The Morgan fingerprint density at radius 2 is 1.91 bits per heavy atom. The van der Waals surface area contributed by atoms with Gasteiger partial charge in [0, 0.05) is 36.5 Å². The summed E-state index contributed by atoms with van der Waals surface area (Å²) in [7, 11) is 0. The topological polar surface area (TPSA) is 67.6 Å². The first-order chi connectivity index (χ1) is 15.8. The van der Waals surface area contributed by atoms with Crippen molar-refractivity contribution in [2.24, 2.45) is 23.7 Å². The van der Waals surface area contributed by atoms with Crippen molar-refractivity contribution in [2.45, 2.75) is 45.3 Å². The minimum Gasteiger partial charge on any atom is -0.393 e. The molecule has 2 aliphatic carbocycles. The predicted octanol–water partition coefficient (Wildman–Crippen LogP) is 4.97. The largest absolute Gasteiger partial charge is 0.393 e. The normalized spacial score (nSPS) is 32.3. The third-order valence-electron chi connectivity index (χ3n) is 7.50. The van der Waals surface area contributed by atoms with Crippen LogP contribution in [0.25, 0.3) is 0 Å². The summed E-state index contributed by atoms with van der Waals surface area (Å²) in [6.07, 6.45) is 7.94. The first-order valence-corrected chi connectivity index (χ1v) is 12.5. The van der Waals surface area contributed by atoms with Gasteiger partial charge in [0.2, 0.25) is 5.91 Å². The van der Waals surface area contributed by atoms with Gasteiger partial charge in [-0.05, 0) is 55.4 Å². The highest BCUT2D eigenvalue weighted by atomic mass is 35.5. The van der Waals surface area contributed by atoms with Crippen LogP contribution in [0.1, 0.15) is 38.7 Å². The van der Waals surface area contributed by atoms with E-state index in [-0.39, 0.29) is 41.7 Å². The lowest BCUT2D eigenvalue weighted by molar-refractivity contribution is -0.143. The van der Waals surface area contributed by atoms with Crippen LogP contribution in [0.5, 0.6) is 0 Å². The number of amides is 1. The molecule has 0 aromatic heterocycles. The molecule has 1 amide bonds. The lowest BCUT2D eigenvalue weighted by Crippen LogP contribution is -2.59. The number of anilines is 1. The SMILES string of the molecule is CC1CC(O)CC(C)C1C(=O)N1CCN(c2ccc(C#N)cc2Cl)C(C2C=CC(Cl)=CC2)C1. The van der Waals surface area contributed by atoms with E-state index in [0.717, 1.165) is 17.1 Å². The maximum absolute atomic E-state index is 13.7. The number of hydrogen-bond acceptors (Lipinski definition) is 4. The summed E-state index contributed by atoms with van der Waals surface area (Å²) in [6.45, 7) is 6.07. The molecule has 1 saturated heterocycles. The molecule has 1 N–H and O–H groups in total. The molecule has 5 nitrogen and oxygen atoms in total. The summed E-state index contributed by atoms with van der Waals surface area (Å²) in [5.41, 5.74) is 1.42. The number of piperazine rings is 1. The van der Waals surface area contributed by atoms with E-state index in [0.29, 0.717) is 43.1 Å². The highest BCUT2D eigenvalue weighted by Gasteiger charge is 2.42. The number of aliphatic hydroxyl groups is 1. The van der Waals surface area contributed by atoms with Crippen molar-refractivity contribution < 1.29 is 9.90 Å². The number of nitrogens with zero attached hydrogens (tertiary/aromatic N) is 3.